The van der Waals surface area contributed by atoms with Crippen LogP contribution in [0.5, 0.6) is 5.75 Å². The van der Waals surface area contributed by atoms with Crippen molar-refractivity contribution >= 4 is 23.4 Å². The normalized spacial score (nSPS) is 11.8. The number of methoxy groups -OCH3 is 1. The first-order valence-corrected chi connectivity index (χ1v) is 8.94. The van der Waals surface area contributed by atoms with E-state index in [-0.39, 0.29) is 5.91 Å². The number of nitrogen functional groups attached to an aromatic ring is 1. The fourth-order valence-electron chi connectivity index (χ4n) is 2.20. The van der Waals surface area contributed by atoms with E-state index in [4.69, 9.17) is 10.5 Å². The smallest absolute Gasteiger partial charge is 0.224 e. The first-order valence-electron chi connectivity index (χ1n) is 7.95. The highest BCUT2D eigenvalue weighted by Crippen LogP contribution is 2.29. The average Bonchev–Trinajstić information content (AvgIpc) is 2.60. The van der Waals surface area contributed by atoms with Crippen molar-refractivity contribution in [3.8, 4) is 5.75 Å². The maximum Gasteiger partial charge on any atom is 0.224 e. The van der Waals surface area contributed by atoms with Crippen molar-refractivity contribution in [1.82, 2.24) is 5.32 Å². The number of para-hydroxylation sites is 1. The molecule has 128 valence electrons. The molecule has 1 unspecified atom stereocenters. The van der Waals surface area contributed by atoms with Crippen LogP contribution in [0.2, 0.25) is 0 Å². The van der Waals surface area contributed by atoms with E-state index in [2.05, 4.69) is 18.3 Å². The summed E-state index contributed by atoms with van der Waals surface area (Å²) in [6.07, 6.45) is 0.382. The molecule has 0 aromatic heterocycles. The molecule has 0 aliphatic rings. The monoisotopic (exact) mass is 344 g/mol. The summed E-state index contributed by atoms with van der Waals surface area (Å²) in [4.78, 5) is 13.1. The molecule has 0 spiro atoms. The van der Waals surface area contributed by atoms with Gasteiger partial charge in [-0.1, -0.05) is 31.2 Å². The summed E-state index contributed by atoms with van der Waals surface area (Å²) < 4.78 is 5.35. The standard InChI is InChI=1S/C19H24N2O2S/c1-14(13-24-18-6-4-3-5-17(18)23-2)12-21-19(22)11-15-7-9-16(20)10-8-15/h3-10,14H,11-13,20H2,1-2H3,(H,21,22). The number of amides is 1. The number of hydrogen-bond donors (Lipinski definition) is 2. The fourth-order valence-corrected chi connectivity index (χ4v) is 3.25. The number of nitrogens with one attached hydrogen (secondary N) is 1. The lowest BCUT2D eigenvalue weighted by molar-refractivity contribution is -0.120. The second-order valence-corrected chi connectivity index (χ2v) is 6.85. The van der Waals surface area contributed by atoms with Crippen molar-refractivity contribution in [3.05, 3.63) is 54.1 Å². The Hall–Kier alpha value is -2.14. The summed E-state index contributed by atoms with van der Waals surface area (Å²) in [5.41, 5.74) is 7.33. The highest BCUT2D eigenvalue weighted by atomic mass is 32.2. The molecule has 5 heteroatoms. The Morgan fingerprint density at radius 1 is 1.21 bits per heavy atom. The predicted molar refractivity (Wildman–Crippen MR) is 100 cm³/mol. The molecule has 2 rings (SSSR count). The van der Waals surface area contributed by atoms with Crippen molar-refractivity contribution in [1.29, 1.82) is 0 Å². The van der Waals surface area contributed by atoms with Crippen LogP contribution in [-0.4, -0.2) is 25.3 Å². The molecule has 0 aliphatic heterocycles. The number of ether oxygens (including phenoxy) is 1. The average molecular weight is 344 g/mol. The zero-order valence-electron chi connectivity index (χ0n) is 14.1. The number of nitrogens with two attached hydrogens (primary N) is 1. The van der Waals surface area contributed by atoms with Gasteiger partial charge < -0.3 is 15.8 Å². The van der Waals surface area contributed by atoms with Gasteiger partial charge in [0.15, 0.2) is 0 Å². The first kappa shape index (κ1) is 18.2. The van der Waals surface area contributed by atoms with Crippen molar-refractivity contribution < 1.29 is 9.53 Å². The Kier molecular flexibility index (Phi) is 7.00. The first-order chi connectivity index (χ1) is 11.6. The molecule has 0 bridgehead atoms. The van der Waals surface area contributed by atoms with Crippen LogP contribution >= 0.6 is 11.8 Å². The van der Waals surface area contributed by atoms with Gasteiger partial charge in [-0.3, -0.25) is 4.79 Å². The van der Waals surface area contributed by atoms with E-state index in [1.54, 1.807) is 18.9 Å². The minimum Gasteiger partial charge on any atom is -0.496 e. The number of hydrogen-bond acceptors (Lipinski definition) is 4. The topological polar surface area (TPSA) is 64.3 Å². The minimum atomic E-state index is 0.0360. The molecule has 4 nitrogen and oxygen atoms in total. The number of rotatable bonds is 8. The van der Waals surface area contributed by atoms with Crippen LogP contribution in [0, 0.1) is 5.92 Å². The van der Waals surface area contributed by atoms with E-state index < -0.39 is 0 Å². The third kappa shape index (κ3) is 5.81. The second kappa shape index (κ2) is 9.23. The molecule has 1 amide bonds. The van der Waals surface area contributed by atoms with E-state index in [1.807, 2.05) is 42.5 Å². The van der Waals surface area contributed by atoms with Crippen LogP contribution in [-0.2, 0) is 11.2 Å². The number of carbonyl (C=O) groups is 1. The summed E-state index contributed by atoms with van der Waals surface area (Å²) in [6.45, 7) is 2.79. The van der Waals surface area contributed by atoms with Gasteiger partial charge in [-0.25, -0.2) is 0 Å². The van der Waals surface area contributed by atoms with Gasteiger partial charge in [-0.15, -0.1) is 11.8 Å². The summed E-state index contributed by atoms with van der Waals surface area (Å²) in [6, 6.07) is 15.4. The van der Waals surface area contributed by atoms with Gasteiger partial charge in [-0.05, 0) is 35.7 Å². The molecule has 0 aliphatic carbocycles. The lowest BCUT2D eigenvalue weighted by Gasteiger charge is -2.14. The van der Waals surface area contributed by atoms with Gasteiger partial charge >= 0.3 is 0 Å². The van der Waals surface area contributed by atoms with Gasteiger partial charge in [0.05, 0.1) is 13.5 Å². The minimum absolute atomic E-state index is 0.0360. The quantitative estimate of drug-likeness (QED) is 0.569. The van der Waals surface area contributed by atoms with Crippen molar-refractivity contribution in [2.24, 2.45) is 5.92 Å². The molecular formula is C19H24N2O2S. The van der Waals surface area contributed by atoms with Crippen molar-refractivity contribution in [2.45, 2.75) is 18.2 Å². The zero-order valence-corrected chi connectivity index (χ0v) is 14.9. The fraction of sp³-hybridized carbons (Fsp3) is 0.316. The number of anilines is 1. The molecule has 2 aromatic carbocycles. The molecule has 2 aromatic rings. The Morgan fingerprint density at radius 2 is 1.92 bits per heavy atom. The molecule has 1 atom stereocenters. The molecule has 0 saturated carbocycles. The molecule has 0 radical (unpaired) electrons. The molecule has 0 fully saturated rings. The molecule has 0 saturated heterocycles. The third-order valence-corrected chi connectivity index (χ3v) is 4.97. The number of thioether (sulfide) groups is 1. The van der Waals surface area contributed by atoms with Crippen LogP contribution in [0.25, 0.3) is 0 Å². The highest BCUT2D eigenvalue weighted by Gasteiger charge is 2.09. The zero-order chi connectivity index (χ0) is 17.4. The summed E-state index contributed by atoms with van der Waals surface area (Å²) in [5.74, 6) is 2.22. The van der Waals surface area contributed by atoms with Gasteiger partial charge in [-0.2, -0.15) is 0 Å². The van der Waals surface area contributed by atoms with Gasteiger partial charge in [0.2, 0.25) is 5.91 Å². The maximum atomic E-state index is 12.0. The van der Waals surface area contributed by atoms with Crippen LogP contribution in [0.4, 0.5) is 5.69 Å². The van der Waals surface area contributed by atoms with E-state index in [0.29, 0.717) is 24.6 Å². The lowest BCUT2D eigenvalue weighted by atomic mass is 10.1. The Labute approximate surface area is 147 Å². The molecule has 24 heavy (non-hydrogen) atoms. The number of benzene rings is 2. The third-order valence-electron chi connectivity index (χ3n) is 3.58. The Bertz CT molecular complexity index is 659. The second-order valence-electron chi connectivity index (χ2n) is 5.79. The van der Waals surface area contributed by atoms with Gasteiger partial charge in [0.1, 0.15) is 5.75 Å². The summed E-state index contributed by atoms with van der Waals surface area (Å²) in [7, 11) is 1.68. The van der Waals surface area contributed by atoms with Gasteiger partial charge in [0.25, 0.3) is 0 Å². The largest absolute Gasteiger partial charge is 0.496 e. The van der Waals surface area contributed by atoms with E-state index >= 15 is 0 Å². The molecule has 0 heterocycles. The van der Waals surface area contributed by atoms with Crippen LogP contribution in [0.3, 0.4) is 0 Å². The van der Waals surface area contributed by atoms with E-state index in [1.165, 1.54) is 0 Å². The van der Waals surface area contributed by atoms with E-state index in [0.717, 1.165) is 22.0 Å². The summed E-state index contributed by atoms with van der Waals surface area (Å²) in [5, 5.41) is 3.00. The van der Waals surface area contributed by atoms with Crippen LogP contribution < -0.4 is 15.8 Å². The van der Waals surface area contributed by atoms with Crippen LogP contribution in [0.1, 0.15) is 12.5 Å². The predicted octanol–water partition coefficient (Wildman–Crippen LogP) is 3.36. The van der Waals surface area contributed by atoms with Crippen molar-refractivity contribution in [2.75, 3.05) is 25.1 Å². The Balaban J connectivity index is 1.73. The highest BCUT2D eigenvalue weighted by molar-refractivity contribution is 7.99. The van der Waals surface area contributed by atoms with Gasteiger partial charge in [0, 0.05) is 22.9 Å². The summed E-state index contributed by atoms with van der Waals surface area (Å²) >= 11 is 1.75. The SMILES string of the molecule is COc1ccccc1SCC(C)CNC(=O)Cc1ccc(N)cc1. The molecular weight excluding hydrogens is 320 g/mol. The van der Waals surface area contributed by atoms with Crippen LogP contribution in [0.15, 0.2) is 53.4 Å². The van der Waals surface area contributed by atoms with E-state index in [9.17, 15) is 4.79 Å². The van der Waals surface area contributed by atoms with Crippen molar-refractivity contribution in [3.63, 3.8) is 0 Å². The molecule has 3 N–H and O–H groups in total. The number of carbonyl (C=O) groups excluding carboxylic acids is 1. The maximum absolute atomic E-state index is 12.0. The Morgan fingerprint density at radius 3 is 2.62 bits per heavy atom. The lowest BCUT2D eigenvalue weighted by Crippen LogP contribution is -2.30.